The smallest absolute Gasteiger partial charge is 0.251 e. The Morgan fingerprint density at radius 1 is 1.43 bits per heavy atom. The number of halogens is 1. The lowest BCUT2D eigenvalue weighted by Crippen LogP contribution is -1.99. The lowest BCUT2D eigenvalue weighted by atomic mass is 10.2. The highest BCUT2D eigenvalue weighted by atomic mass is 35.5. The highest BCUT2D eigenvalue weighted by Gasteiger charge is 2.08. The molecule has 0 bridgehead atoms. The second kappa shape index (κ2) is 7.17. The van der Waals surface area contributed by atoms with E-state index in [0.29, 0.717) is 22.6 Å². The van der Waals surface area contributed by atoms with E-state index in [1.54, 1.807) is 6.20 Å². The predicted octanol–water partition coefficient (Wildman–Crippen LogP) is 4.19. The molecule has 0 spiro atoms. The zero-order chi connectivity index (χ0) is 15.2. The van der Waals surface area contributed by atoms with Crippen LogP contribution in [0.2, 0.25) is 5.02 Å². The van der Waals surface area contributed by atoms with Gasteiger partial charge < -0.3 is 5.32 Å². The maximum Gasteiger partial charge on any atom is 0.251 e. The number of nitrogens with one attached hydrogen (secondary N) is 2. The highest BCUT2D eigenvalue weighted by molar-refractivity contribution is 6.32. The van der Waals surface area contributed by atoms with Gasteiger partial charge in [0, 0.05) is 17.5 Å². The predicted molar refractivity (Wildman–Crippen MR) is 85.9 cm³/mol. The molecule has 2 aromatic heterocycles. The molecule has 0 saturated carbocycles. The van der Waals surface area contributed by atoms with Crippen molar-refractivity contribution in [2.45, 2.75) is 40.0 Å². The standard InChI is InChI=1S/C14H19ClN6/c1-4-6-10(5-2)17-14-16-8-11(15)13(19-14)18-12-7-9(3)20-21-12/h7-8H,4-6H2,1-3H3,(H2,16,18,19,20,21). The molecule has 0 unspecified atom stereocenters. The molecule has 0 saturated heterocycles. The number of rotatable bonds is 6. The largest absolute Gasteiger partial charge is 0.322 e. The Hall–Kier alpha value is -1.95. The fourth-order valence-electron chi connectivity index (χ4n) is 1.84. The fourth-order valence-corrected chi connectivity index (χ4v) is 1.98. The number of nitrogens with zero attached hydrogens (tertiary/aromatic N) is 4. The third kappa shape index (κ3) is 4.26. The molecule has 0 amide bonds. The lowest BCUT2D eigenvalue weighted by molar-refractivity contribution is 0.960. The van der Waals surface area contributed by atoms with Gasteiger partial charge >= 0.3 is 0 Å². The van der Waals surface area contributed by atoms with Gasteiger partial charge in [0.25, 0.3) is 5.95 Å². The van der Waals surface area contributed by atoms with Crippen molar-refractivity contribution in [3.63, 3.8) is 0 Å². The summed E-state index contributed by atoms with van der Waals surface area (Å²) >= 11 is 6.11. The average molecular weight is 307 g/mol. The number of anilines is 2. The number of aromatic amines is 1. The molecular weight excluding hydrogens is 288 g/mol. The molecule has 21 heavy (non-hydrogen) atoms. The second-order valence-electron chi connectivity index (χ2n) is 4.71. The lowest BCUT2D eigenvalue weighted by Gasteiger charge is -2.05. The molecular formula is C14H19ClN6. The van der Waals surface area contributed by atoms with E-state index in [1.807, 2.05) is 13.0 Å². The Morgan fingerprint density at radius 3 is 2.86 bits per heavy atom. The monoisotopic (exact) mass is 306 g/mol. The zero-order valence-corrected chi connectivity index (χ0v) is 13.2. The number of hydrogen-bond acceptors (Lipinski definition) is 5. The quantitative estimate of drug-likeness (QED) is 0.784. The van der Waals surface area contributed by atoms with E-state index in [4.69, 9.17) is 11.6 Å². The molecule has 0 aliphatic carbocycles. The van der Waals surface area contributed by atoms with E-state index in [1.165, 1.54) is 0 Å². The van der Waals surface area contributed by atoms with Crippen molar-refractivity contribution in [2.75, 3.05) is 5.32 Å². The van der Waals surface area contributed by atoms with Crippen LogP contribution in [0.1, 0.15) is 38.8 Å². The molecule has 2 N–H and O–H groups in total. The summed E-state index contributed by atoms with van der Waals surface area (Å²) in [6.07, 6.45) is 4.44. The first-order valence-electron chi connectivity index (χ1n) is 7.00. The maximum atomic E-state index is 6.11. The van der Waals surface area contributed by atoms with Gasteiger partial charge in [-0.3, -0.25) is 5.10 Å². The minimum Gasteiger partial charge on any atom is -0.322 e. The van der Waals surface area contributed by atoms with E-state index in [0.717, 1.165) is 30.7 Å². The van der Waals surface area contributed by atoms with E-state index < -0.39 is 0 Å². The average Bonchev–Trinajstić information content (AvgIpc) is 2.87. The number of hydrogen-bond donors (Lipinski definition) is 2. The molecule has 7 heteroatoms. The molecule has 2 rings (SSSR count). The summed E-state index contributed by atoms with van der Waals surface area (Å²) in [6.45, 7) is 6.13. The van der Waals surface area contributed by atoms with E-state index in [-0.39, 0.29) is 0 Å². The number of aromatic nitrogens is 4. The number of H-pyrrole nitrogens is 1. The Morgan fingerprint density at radius 2 is 2.24 bits per heavy atom. The van der Waals surface area contributed by atoms with Crippen molar-refractivity contribution in [3.05, 3.63) is 23.0 Å². The van der Waals surface area contributed by atoms with Crippen LogP contribution in [0.5, 0.6) is 0 Å². The maximum absolute atomic E-state index is 6.11. The summed E-state index contributed by atoms with van der Waals surface area (Å²) < 4.78 is 0. The van der Waals surface area contributed by atoms with E-state index in [2.05, 4.69) is 44.3 Å². The van der Waals surface area contributed by atoms with Crippen molar-refractivity contribution in [3.8, 4) is 0 Å². The molecule has 0 aliphatic heterocycles. The van der Waals surface area contributed by atoms with Gasteiger partial charge in [-0.05, 0) is 19.8 Å². The van der Waals surface area contributed by atoms with Gasteiger partial charge in [0.15, 0.2) is 11.6 Å². The number of aliphatic imine (C=N–C) groups is 1. The van der Waals surface area contributed by atoms with Gasteiger partial charge in [0.05, 0.1) is 6.20 Å². The molecule has 0 fully saturated rings. The zero-order valence-electron chi connectivity index (χ0n) is 12.4. The van der Waals surface area contributed by atoms with E-state index >= 15 is 0 Å². The van der Waals surface area contributed by atoms with Crippen LogP contribution >= 0.6 is 11.6 Å². The summed E-state index contributed by atoms with van der Waals surface area (Å²) in [6, 6.07) is 1.87. The van der Waals surface area contributed by atoms with Gasteiger partial charge in [-0.25, -0.2) is 9.98 Å². The van der Waals surface area contributed by atoms with Crippen molar-refractivity contribution in [1.82, 2.24) is 20.2 Å². The van der Waals surface area contributed by atoms with Crippen LogP contribution in [-0.4, -0.2) is 25.9 Å². The molecule has 0 atom stereocenters. The molecule has 6 nitrogen and oxygen atoms in total. The Kier molecular flexibility index (Phi) is 5.27. The van der Waals surface area contributed by atoms with Crippen molar-refractivity contribution < 1.29 is 0 Å². The molecule has 2 heterocycles. The summed E-state index contributed by atoms with van der Waals surface area (Å²) in [5, 5.41) is 10.4. The number of aryl methyl sites for hydroxylation is 1. The van der Waals surface area contributed by atoms with Crippen LogP contribution in [-0.2, 0) is 0 Å². The molecule has 2 aromatic rings. The normalized spacial score (nSPS) is 11.7. The first kappa shape index (κ1) is 15.4. The Balaban J connectivity index is 2.24. The molecule has 0 radical (unpaired) electrons. The summed E-state index contributed by atoms with van der Waals surface area (Å²) in [7, 11) is 0. The van der Waals surface area contributed by atoms with Crippen LogP contribution in [0.3, 0.4) is 0 Å². The van der Waals surface area contributed by atoms with Gasteiger partial charge in [-0.2, -0.15) is 10.1 Å². The van der Waals surface area contributed by atoms with Gasteiger partial charge in [-0.15, -0.1) is 0 Å². The van der Waals surface area contributed by atoms with Gasteiger partial charge in [0.1, 0.15) is 5.02 Å². The van der Waals surface area contributed by atoms with E-state index in [9.17, 15) is 0 Å². The highest BCUT2D eigenvalue weighted by Crippen LogP contribution is 2.24. The van der Waals surface area contributed by atoms with Crippen LogP contribution in [0, 0.1) is 6.92 Å². The Bertz CT molecular complexity index is 634. The van der Waals surface area contributed by atoms with Gasteiger partial charge in [0.2, 0.25) is 0 Å². The first-order chi connectivity index (χ1) is 10.1. The molecule has 112 valence electrons. The van der Waals surface area contributed by atoms with Crippen molar-refractivity contribution in [2.24, 2.45) is 4.99 Å². The van der Waals surface area contributed by atoms with Gasteiger partial charge in [-0.1, -0.05) is 31.9 Å². The summed E-state index contributed by atoms with van der Waals surface area (Å²) in [4.78, 5) is 13.0. The van der Waals surface area contributed by atoms with Crippen LogP contribution < -0.4 is 5.32 Å². The van der Waals surface area contributed by atoms with Crippen LogP contribution in [0.15, 0.2) is 17.3 Å². The SMILES string of the molecule is CCCC(CC)=Nc1ncc(Cl)c(Nc2cc(C)[nH]n2)n1. The third-order valence-corrected chi connectivity index (χ3v) is 3.17. The molecule has 0 aromatic carbocycles. The summed E-state index contributed by atoms with van der Waals surface area (Å²) in [5.41, 5.74) is 2.04. The first-order valence-corrected chi connectivity index (χ1v) is 7.38. The van der Waals surface area contributed by atoms with Crippen LogP contribution in [0.4, 0.5) is 17.6 Å². The minimum atomic E-state index is 0.416. The molecule has 0 aliphatic rings. The second-order valence-corrected chi connectivity index (χ2v) is 5.12. The van der Waals surface area contributed by atoms with Crippen LogP contribution in [0.25, 0.3) is 0 Å². The summed E-state index contributed by atoms with van der Waals surface area (Å²) in [5.74, 6) is 1.58. The third-order valence-electron chi connectivity index (χ3n) is 2.89. The minimum absolute atomic E-state index is 0.416. The van der Waals surface area contributed by atoms with Crippen molar-refractivity contribution in [1.29, 1.82) is 0 Å². The topological polar surface area (TPSA) is 78.9 Å². The van der Waals surface area contributed by atoms with Crippen molar-refractivity contribution >= 4 is 34.9 Å². The fraction of sp³-hybridized carbons (Fsp3) is 0.429. The Labute approximate surface area is 129 Å².